The number of carboxylic acid groups (broad SMARTS) is 1. The summed E-state index contributed by atoms with van der Waals surface area (Å²) in [7, 11) is 0. The molecule has 4 bridgehead atoms. The highest BCUT2D eigenvalue weighted by molar-refractivity contribution is 5.75. The van der Waals surface area contributed by atoms with Gasteiger partial charge in [0.15, 0.2) is 0 Å². The van der Waals surface area contributed by atoms with Crippen LogP contribution in [-0.4, -0.2) is 21.8 Å². The zero-order valence-corrected chi connectivity index (χ0v) is 9.83. The lowest BCUT2D eigenvalue weighted by Gasteiger charge is -2.63. The van der Waals surface area contributed by atoms with Gasteiger partial charge in [-0.15, -0.1) is 0 Å². The van der Waals surface area contributed by atoms with E-state index >= 15 is 0 Å². The van der Waals surface area contributed by atoms with E-state index < -0.39 is 17.0 Å². The van der Waals surface area contributed by atoms with Gasteiger partial charge < -0.3 is 10.2 Å². The van der Waals surface area contributed by atoms with Crippen LogP contribution in [0, 0.1) is 16.7 Å². The van der Waals surface area contributed by atoms with Crippen LogP contribution in [0.2, 0.25) is 0 Å². The van der Waals surface area contributed by atoms with E-state index in [1.54, 1.807) is 0 Å². The zero-order valence-electron chi connectivity index (χ0n) is 9.83. The second-order valence-corrected chi connectivity index (χ2v) is 6.67. The molecule has 0 heterocycles. The van der Waals surface area contributed by atoms with Crippen molar-refractivity contribution in [1.29, 1.82) is 0 Å². The molecule has 2 N–H and O–H groups in total. The fourth-order valence-corrected chi connectivity index (χ4v) is 5.22. The first-order valence-corrected chi connectivity index (χ1v) is 6.37. The smallest absolute Gasteiger partial charge is 0.309 e. The van der Waals surface area contributed by atoms with Crippen LogP contribution in [0.15, 0.2) is 0 Å². The molecule has 0 aromatic heterocycles. The van der Waals surface area contributed by atoms with Crippen molar-refractivity contribution < 1.29 is 15.0 Å². The molecule has 90 valence electrons. The quantitative estimate of drug-likeness (QED) is 0.756. The summed E-state index contributed by atoms with van der Waals surface area (Å²) in [4.78, 5) is 11.5. The number of aliphatic carboxylic acids is 1. The summed E-state index contributed by atoms with van der Waals surface area (Å²) in [6, 6.07) is 0. The summed E-state index contributed by atoms with van der Waals surface area (Å²) in [5, 5.41) is 20.0. The molecule has 4 fully saturated rings. The molecular weight excluding hydrogens is 204 g/mol. The van der Waals surface area contributed by atoms with E-state index in [4.69, 9.17) is 0 Å². The third-order valence-electron chi connectivity index (χ3n) is 5.36. The van der Waals surface area contributed by atoms with Gasteiger partial charge in [-0.05, 0) is 49.9 Å². The topological polar surface area (TPSA) is 57.5 Å². The molecule has 3 unspecified atom stereocenters. The van der Waals surface area contributed by atoms with E-state index in [1.165, 1.54) is 0 Å². The van der Waals surface area contributed by atoms with Gasteiger partial charge in [0.1, 0.15) is 0 Å². The van der Waals surface area contributed by atoms with E-state index in [9.17, 15) is 15.0 Å². The van der Waals surface area contributed by atoms with Crippen LogP contribution in [-0.2, 0) is 4.79 Å². The molecule has 4 saturated carbocycles. The molecule has 0 aromatic carbocycles. The van der Waals surface area contributed by atoms with E-state index in [1.807, 2.05) is 0 Å². The summed E-state index contributed by atoms with van der Waals surface area (Å²) in [5.41, 5.74) is -1.16. The molecule has 0 saturated heterocycles. The Bertz CT molecular complexity index is 353. The van der Waals surface area contributed by atoms with Crippen molar-refractivity contribution in [3.8, 4) is 0 Å². The number of hydrogen-bond donors (Lipinski definition) is 2. The Hall–Kier alpha value is -0.570. The van der Waals surface area contributed by atoms with Crippen molar-refractivity contribution in [2.75, 3.05) is 0 Å². The lowest BCUT2D eigenvalue weighted by Crippen LogP contribution is -2.62. The molecule has 16 heavy (non-hydrogen) atoms. The summed E-state index contributed by atoms with van der Waals surface area (Å²) in [6.07, 6.45) is 5.91. The monoisotopic (exact) mass is 224 g/mol. The van der Waals surface area contributed by atoms with Gasteiger partial charge in [0, 0.05) is 0 Å². The first kappa shape index (κ1) is 10.6. The Morgan fingerprint density at radius 1 is 1.25 bits per heavy atom. The van der Waals surface area contributed by atoms with Gasteiger partial charge in [0.25, 0.3) is 0 Å². The Kier molecular flexibility index (Phi) is 1.86. The highest BCUT2D eigenvalue weighted by Crippen LogP contribution is 2.67. The summed E-state index contributed by atoms with van der Waals surface area (Å²) >= 11 is 0. The van der Waals surface area contributed by atoms with Gasteiger partial charge in [-0.3, -0.25) is 4.79 Å². The van der Waals surface area contributed by atoms with Crippen molar-refractivity contribution in [3.63, 3.8) is 0 Å². The van der Waals surface area contributed by atoms with E-state index in [0.29, 0.717) is 12.3 Å². The zero-order chi connectivity index (χ0) is 11.6. The van der Waals surface area contributed by atoms with Crippen LogP contribution >= 0.6 is 0 Å². The third kappa shape index (κ3) is 1.21. The Morgan fingerprint density at radius 2 is 2.00 bits per heavy atom. The normalized spacial score (nSPS) is 54.2. The minimum atomic E-state index is -0.673. The fourth-order valence-electron chi connectivity index (χ4n) is 5.22. The summed E-state index contributed by atoms with van der Waals surface area (Å²) < 4.78 is 0. The number of aliphatic hydroxyl groups is 1. The molecule has 0 spiro atoms. The van der Waals surface area contributed by atoms with Crippen LogP contribution in [0.4, 0.5) is 0 Å². The number of rotatable bonds is 2. The molecule has 0 aromatic rings. The Morgan fingerprint density at radius 3 is 2.56 bits per heavy atom. The minimum absolute atomic E-state index is 0.118. The van der Waals surface area contributed by atoms with Crippen LogP contribution < -0.4 is 0 Å². The maximum Gasteiger partial charge on any atom is 0.309 e. The predicted molar refractivity (Wildman–Crippen MR) is 58.9 cm³/mol. The van der Waals surface area contributed by atoms with E-state index in [2.05, 4.69) is 6.92 Å². The highest BCUT2D eigenvalue weighted by Gasteiger charge is 2.64. The van der Waals surface area contributed by atoms with Crippen LogP contribution in [0.3, 0.4) is 0 Å². The molecule has 0 radical (unpaired) electrons. The van der Waals surface area contributed by atoms with Crippen LogP contribution in [0.25, 0.3) is 0 Å². The average molecular weight is 224 g/mol. The third-order valence-corrected chi connectivity index (χ3v) is 5.36. The van der Waals surface area contributed by atoms with E-state index in [0.717, 1.165) is 38.5 Å². The second-order valence-electron chi connectivity index (χ2n) is 6.67. The van der Waals surface area contributed by atoms with Crippen molar-refractivity contribution in [2.45, 2.75) is 57.5 Å². The molecule has 4 aliphatic rings. The number of carbonyl (C=O) groups is 1. The number of hydrogen-bond acceptors (Lipinski definition) is 2. The minimum Gasteiger partial charge on any atom is -0.481 e. The van der Waals surface area contributed by atoms with Gasteiger partial charge in [0.2, 0.25) is 0 Å². The molecule has 4 rings (SSSR count). The largest absolute Gasteiger partial charge is 0.481 e. The lowest BCUT2D eigenvalue weighted by molar-refractivity contribution is -0.213. The van der Waals surface area contributed by atoms with Gasteiger partial charge in [0.05, 0.1) is 11.0 Å². The maximum atomic E-state index is 11.5. The molecule has 4 atom stereocenters. The fraction of sp³-hybridized carbons (Fsp3) is 0.923. The molecule has 3 nitrogen and oxygen atoms in total. The highest BCUT2D eigenvalue weighted by atomic mass is 16.4. The number of carboxylic acids is 1. The van der Waals surface area contributed by atoms with Crippen molar-refractivity contribution in [2.24, 2.45) is 16.7 Å². The van der Waals surface area contributed by atoms with Gasteiger partial charge in [-0.1, -0.05) is 13.3 Å². The maximum absolute atomic E-state index is 11.5. The van der Waals surface area contributed by atoms with Crippen LogP contribution in [0.5, 0.6) is 0 Å². The Labute approximate surface area is 95.9 Å². The first-order valence-electron chi connectivity index (χ1n) is 6.37. The molecule has 0 amide bonds. The standard InChI is InChI=1S/C13H20O3/c1-2-11-3-9-4-12(6-11,10(14)15)8-13(16,5-9)7-11/h9,16H,2-8H2,1H3,(H,14,15)/t9?,11?,12?,13-/m1/s1. The SMILES string of the molecule is CCC12CC3CC(C(=O)O)(C1)C[C@@](O)(C3)C2. The second kappa shape index (κ2) is 2.81. The predicted octanol–water partition coefficient (Wildman–Crippen LogP) is 2.18. The first-order chi connectivity index (χ1) is 7.41. The van der Waals surface area contributed by atoms with Gasteiger partial charge in [-0.2, -0.15) is 0 Å². The Balaban J connectivity index is 2.04. The lowest BCUT2D eigenvalue weighted by atomic mass is 9.42. The van der Waals surface area contributed by atoms with E-state index in [-0.39, 0.29) is 5.41 Å². The summed E-state index contributed by atoms with van der Waals surface area (Å²) in [6.45, 7) is 2.14. The average Bonchev–Trinajstić information content (AvgIpc) is 2.13. The molecular formula is C13H20O3. The van der Waals surface area contributed by atoms with Crippen molar-refractivity contribution in [1.82, 2.24) is 0 Å². The van der Waals surface area contributed by atoms with Crippen molar-refractivity contribution in [3.05, 3.63) is 0 Å². The molecule has 0 aliphatic heterocycles. The summed E-state index contributed by atoms with van der Waals surface area (Å²) in [5.74, 6) is -0.231. The molecule has 3 heteroatoms. The van der Waals surface area contributed by atoms with Crippen molar-refractivity contribution >= 4 is 5.97 Å². The van der Waals surface area contributed by atoms with Crippen LogP contribution in [0.1, 0.15) is 51.9 Å². The molecule has 4 aliphatic carbocycles. The van der Waals surface area contributed by atoms with Gasteiger partial charge in [-0.25, -0.2) is 0 Å². The van der Waals surface area contributed by atoms with Gasteiger partial charge >= 0.3 is 5.97 Å².